The monoisotopic (exact) mass is 388 g/mol. The van der Waals surface area contributed by atoms with Gasteiger partial charge in [-0.1, -0.05) is 6.92 Å². The van der Waals surface area contributed by atoms with E-state index in [1.807, 2.05) is 42.7 Å². The molecule has 0 spiro atoms. The van der Waals surface area contributed by atoms with Gasteiger partial charge in [0.1, 0.15) is 5.75 Å². The van der Waals surface area contributed by atoms with Crippen molar-refractivity contribution in [1.82, 2.24) is 9.97 Å². The highest BCUT2D eigenvalue weighted by molar-refractivity contribution is 5.91. The minimum absolute atomic E-state index is 0.716. The summed E-state index contributed by atoms with van der Waals surface area (Å²) in [5.41, 5.74) is 4.24. The maximum absolute atomic E-state index is 5.53. The summed E-state index contributed by atoms with van der Waals surface area (Å²) >= 11 is 0. The number of pyridine rings is 2. The molecule has 0 aliphatic heterocycles. The molecule has 5 nitrogen and oxygen atoms in total. The summed E-state index contributed by atoms with van der Waals surface area (Å²) < 4.78 is 16.4. The lowest BCUT2D eigenvalue weighted by Gasteiger charge is -2.14. The van der Waals surface area contributed by atoms with Crippen LogP contribution in [0, 0.1) is 0 Å². The maximum Gasteiger partial charge on any atom is 0.161 e. The highest BCUT2D eigenvalue weighted by Crippen LogP contribution is 2.35. The Hall–Kier alpha value is -3.34. The van der Waals surface area contributed by atoms with Crippen LogP contribution in [0.4, 0.5) is 0 Å². The van der Waals surface area contributed by atoms with Crippen LogP contribution in [0.25, 0.3) is 21.7 Å². The van der Waals surface area contributed by atoms with Crippen LogP contribution in [0.3, 0.4) is 0 Å². The molecule has 5 heteroatoms. The Morgan fingerprint density at radius 1 is 0.793 bits per heavy atom. The molecule has 0 N–H and O–H groups in total. The second kappa shape index (κ2) is 7.95. The third-order valence-corrected chi connectivity index (χ3v) is 5.23. The van der Waals surface area contributed by atoms with Crippen molar-refractivity contribution in [3.05, 3.63) is 65.6 Å². The van der Waals surface area contributed by atoms with Gasteiger partial charge in [-0.2, -0.15) is 0 Å². The highest BCUT2D eigenvalue weighted by Gasteiger charge is 2.13. The largest absolute Gasteiger partial charge is 0.497 e. The van der Waals surface area contributed by atoms with E-state index >= 15 is 0 Å². The van der Waals surface area contributed by atoms with Crippen LogP contribution in [-0.4, -0.2) is 31.3 Å². The zero-order chi connectivity index (χ0) is 20.4. The molecule has 2 heterocycles. The van der Waals surface area contributed by atoms with Crippen LogP contribution in [0.2, 0.25) is 0 Å². The third kappa shape index (κ3) is 3.56. The molecule has 0 radical (unpaired) electrons. The van der Waals surface area contributed by atoms with Crippen LogP contribution in [0.15, 0.2) is 48.8 Å². The molecule has 4 rings (SSSR count). The Morgan fingerprint density at radius 2 is 1.55 bits per heavy atom. The number of hydrogen-bond acceptors (Lipinski definition) is 5. The number of aryl methyl sites for hydroxylation is 1. The maximum atomic E-state index is 5.53. The molecular weight excluding hydrogens is 364 g/mol. The van der Waals surface area contributed by atoms with Crippen molar-refractivity contribution in [1.29, 1.82) is 0 Å². The minimum Gasteiger partial charge on any atom is -0.497 e. The average molecular weight is 388 g/mol. The molecule has 0 saturated carbocycles. The summed E-state index contributed by atoms with van der Waals surface area (Å²) in [6.45, 7) is 2.11. The summed E-state index contributed by atoms with van der Waals surface area (Å²) in [7, 11) is 4.99. The van der Waals surface area contributed by atoms with E-state index < -0.39 is 0 Å². The Kier molecular flexibility index (Phi) is 5.21. The number of fused-ring (bicyclic) bond motifs is 2. The van der Waals surface area contributed by atoms with E-state index in [0.717, 1.165) is 62.8 Å². The predicted octanol–water partition coefficient (Wildman–Crippen LogP) is 4.96. The second-order valence-corrected chi connectivity index (χ2v) is 6.92. The average Bonchev–Trinajstić information content (AvgIpc) is 2.77. The number of methoxy groups -OCH3 is 3. The van der Waals surface area contributed by atoms with Crippen molar-refractivity contribution in [2.24, 2.45) is 0 Å². The van der Waals surface area contributed by atoms with Crippen molar-refractivity contribution in [3.63, 3.8) is 0 Å². The van der Waals surface area contributed by atoms with E-state index in [4.69, 9.17) is 19.2 Å². The molecule has 0 amide bonds. The van der Waals surface area contributed by atoms with Gasteiger partial charge < -0.3 is 14.2 Å². The lowest BCUT2D eigenvalue weighted by Crippen LogP contribution is -1.99. The fraction of sp³-hybridized carbons (Fsp3) is 0.250. The first kappa shape index (κ1) is 19.0. The summed E-state index contributed by atoms with van der Waals surface area (Å²) in [6, 6.07) is 12.1. The van der Waals surface area contributed by atoms with E-state index in [2.05, 4.69) is 18.0 Å². The van der Waals surface area contributed by atoms with E-state index in [0.29, 0.717) is 5.75 Å². The second-order valence-electron chi connectivity index (χ2n) is 6.92. The minimum atomic E-state index is 0.716. The molecular formula is C24H24N2O3. The van der Waals surface area contributed by atoms with Crippen LogP contribution < -0.4 is 14.2 Å². The Bertz CT molecular complexity index is 1190. The van der Waals surface area contributed by atoms with Gasteiger partial charge in [0.2, 0.25) is 0 Å². The van der Waals surface area contributed by atoms with Crippen molar-refractivity contribution in [3.8, 4) is 17.2 Å². The molecule has 29 heavy (non-hydrogen) atoms. The number of benzene rings is 2. The van der Waals surface area contributed by atoms with E-state index in [-0.39, 0.29) is 0 Å². The number of rotatable bonds is 6. The summed E-state index contributed by atoms with van der Waals surface area (Å²) in [5, 5.41) is 3.28. The molecule has 0 aliphatic carbocycles. The molecule has 148 valence electrons. The zero-order valence-electron chi connectivity index (χ0n) is 17.2. The van der Waals surface area contributed by atoms with Crippen molar-refractivity contribution in [2.45, 2.75) is 19.8 Å². The molecule has 0 bridgehead atoms. The summed E-state index contributed by atoms with van der Waals surface area (Å²) in [5.74, 6) is 2.26. The molecule has 0 atom stereocenters. The molecule has 0 saturated heterocycles. The number of ether oxygens (including phenoxy) is 3. The van der Waals surface area contributed by atoms with Gasteiger partial charge in [0.15, 0.2) is 11.5 Å². The van der Waals surface area contributed by atoms with Gasteiger partial charge in [-0.05, 0) is 59.3 Å². The molecule has 0 fully saturated rings. The number of nitrogens with zero attached hydrogens (tertiary/aromatic N) is 2. The fourth-order valence-electron chi connectivity index (χ4n) is 3.70. The third-order valence-electron chi connectivity index (χ3n) is 5.23. The van der Waals surface area contributed by atoms with Gasteiger partial charge in [0, 0.05) is 35.3 Å². The molecule has 4 aromatic rings. The van der Waals surface area contributed by atoms with E-state index in [9.17, 15) is 0 Å². The molecule has 0 unspecified atom stereocenters. The number of hydrogen-bond donors (Lipinski definition) is 0. The summed E-state index contributed by atoms with van der Waals surface area (Å²) in [4.78, 5) is 9.31. The van der Waals surface area contributed by atoms with Crippen molar-refractivity contribution in [2.75, 3.05) is 21.3 Å². The lowest BCUT2D eigenvalue weighted by atomic mass is 9.98. The first-order valence-electron chi connectivity index (χ1n) is 9.62. The first-order valence-corrected chi connectivity index (χ1v) is 9.62. The fourth-order valence-corrected chi connectivity index (χ4v) is 3.70. The van der Waals surface area contributed by atoms with Crippen molar-refractivity contribution < 1.29 is 14.2 Å². The van der Waals surface area contributed by atoms with Crippen LogP contribution in [-0.2, 0) is 12.8 Å². The van der Waals surface area contributed by atoms with Gasteiger partial charge in [0.25, 0.3) is 0 Å². The summed E-state index contributed by atoms with van der Waals surface area (Å²) in [6.07, 6.45) is 5.46. The highest BCUT2D eigenvalue weighted by atomic mass is 16.5. The smallest absolute Gasteiger partial charge is 0.161 e. The Balaban J connectivity index is 1.82. The Morgan fingerprint density at radius 3 is 2.24 bits per heavy atom. The van der Waals surface area contributed by atoms with Crippen LogP contribution in [0.1, 0.15) is 23.7 Å². The molecule has 2 aromatic carbocycles. The Labute approximate surface area is 170 Å². The van der Waals surface area contributed by atoms with Gasteiger partial charge in [-0.3, -0.25) is 9.97 Å². The van der Waals surface area contributed by atoms with Gasteiger partial charge in [-0.15, -0.1) is 0 Å². The van der Waals surface area contributed by atoms with Gasteiger partial charge in [-0.25, -0.2) is 0 Å². The number of aromatic nitrogens is 2. The molecule has 0 aliphatic rings. The topological polar surface area (TPSA) is 53.5 Å². The first-order chi connectivity index (χ1) is 14.2. The molecule has 2 aromatic heterocycles. The normalized spacial score (nSPS) is 11.0. The van der Waals surface area contributed by atoms with Crippen LogP contribution >= 0.6 is 0 Å². The van der Waals surface area contributed by atoms with E-state index in [1.54, 1.807) is 21.3 Å². The van der Waals surface area contributed by atoms with Crippen LogP contribution in [0.5, 0.6) is 17.2 Å². The van der Waals surface area contributed by atoms with Crippen molar-refractivity contribution >= 4 is 21.7 Å². The van der Waals surface area contributed by atoms with Gasteiger partial charge in [0.05, 0.1) is 26.8 Å². The SMILES string of the molecule is CCc1ncc(Cc2cnc3ccc(OC)cc3c2)c2cc(OC)c(OC)cc12. The standard InChI is InChI=1S/C24H24N2O3/c1-5-21-20-12-24(29-4)23(28-3)11-19(20)17(14-26-21)9-15-8-16-10-18(27-2)6-7-22(16)25-13-15/h6-8,10-14H,5,9H2,1-4H3. The zero-order valence-corrected chi connectivity index (χ0v) is 17.2. The quantitative estimate of drug-likeness (QED) is 0.467. The lowest BCUT2D eigenvalue weighted by molar-refractivity contribution is 0.356. The predicted molar refractivity (Wildman–Crippen MR) is 115 cm³/mol. The van der Waals surface area contributed by atoms with E-state index in [1.165, 1.54) is 0 Å². The van der Waals surface area contributed by atoms with Gasteiger partial charge >= 0.3 is 0 Å².